The van der Waals surface area contributed by atoms with Gasteiger partial charge in [-0.25, -0.2) is 8.78 Å². The van der Waals surface area contributed by atoms with E-state index in [1.165, 1.54) is 0 Å². The van der Waals surface area contributed by atoms with Gasteiger partial charge in [-0.3, -0.25) is 9.69 Å². The Labute approximate surface area is 124 Å². The van der Waals surface area contributed by atoms with Crippen molar-refractivity contribution in [1.82, 2.24) is 10.2 Å². The Hall–Kier alpha value is -1.49. The number of nitrogens with one attached hydrogen (secondary N) is 1. The molecule has 1 aliphatic rings. The zero-order valence-electron chi connectivity index (χ0n) is 12.3. The highest BCUT2D eigenvalue weighted by Crippen LogP contribution is 2.17. The molecule has 1 aliphatic heterocycles. The van der Waals surface area contributed by atoms with Gasteiger partial charge in [0.2, 0.25) is 5.91 Å². The molecule has 1 aromatic rings. The average molecular weight is 296 g/mol. The molecule has 1 fully saturated rings. The number of halogens is 2. The minimum atomic E-state index is -2.28. The Morgan fingerprint density at radius 2 is 1.90 bits per heavy atom. The average Bonchev–Trinajstić information content (AvgIpc) is 2.49. The first-order valence-corrected chi connectivity index (χ1v) is 7.42. The van der Waals surface area contributed by atoms with Crippen LogP contribution in [0.2, 0.25) is 0 Å². The molecule has 1 heterocycles. The zero-order chi connectivity index (χ0) is 15.2. The topological polar surface area (TPSA) is 32.3 Å². The Morgan fingerprint density at radius 3 is 2.48 bits per heavy atom. The standard InChI is InChI=1S/C16H22F2N2O/c1-12(13-5-3-2-4-6-13)16(21)19-14-7-9-20(10-8-14)11-15(17)18/h2-6,12,14-15H,7-11H2,1H3,(H,19,21)/t12-/m0/s1. The first kappa shape index (κ1) is 15.9. The maximum atomic E-state index is 12.3. The summed E-state index contributed by atoms with van der Waals surface area (Å²) in [7, 11) is 0. The van der Waals surface area contributed by atoms with Crippen LogP contribution < -0.4 is 5.32 Å². The number of hydrogen-bond donors (Lipinski definition) is 1. The van der Waals surface area contributed by atoms with Gasteiger partial charge in [-0.05, 0) is 25.3 Å². The molecule has 0 aliphatic carbocycles. The van der Waals surface area contributed by atoms with Crippen molar-refractivity contribution in [2.45, 2.75) is 38.2 Å². The quantitative estimate of drug-likeness (QED) is 0.906. The molecule has 0 unspecified atom stereocenters. The first-order chi connectivity index (χ1) is 10.1. The fourth-order valence-electron chi connectivity index (χ4n) is 2.67. The summed E-state index contributed by atoms with van der Waals surface area (Å²) in [5.41, 5.74) is 0.991. The first-order valence-electron chi connectivity index (χ1n) is 7.42. The van der Waals surface area contributed by atoms with Crippen LogP contribution in [-0.4, -0.2) is 42.9 Å². The maximum absolute atomic E-state index is 12.3. The molecule has 0 radical (unpaired) electrons. The molecule has 0 aromatic heterocycles. The predicted molar refractivity (Wildman–Crippen MR) is 78.5 cm³/mol. The van der Waals surface area contributed by atoms with Crippen molar-refractivity contribution in [2.75, 3.05) is 19.6 Å². The summed E-state index contributed by atoms with van der Waals surface area (Å²) in [5, 5.41) is 3.04. The number of alkyl halides is 2. The molecule has 0 saturated carbocycles. The van der Waals surface area contributed by atoms with E-state index in [1.54, 1.807) is 4.90 Å². The van der Waals surface area contributed by atoms with Crippen molar-refractivity contribution in [2.24, 2.45) is 0 Å². The van der Waals surface area contributed by atoms with Crippen LogP contribution in [0.1, 0.15) is 31.2 Å². The van der Waals surface area contributed by atoms with Crippen molar-refractivity contribution in [3.05, 3.63) is 35.9 Å². The lowest BCUT2D eigenvalue weighted by molar-refractivity contribution is -0.123. The highest BCUT2D eigenvalue weighted by molar-refractivity contribution is 5.83. The lowest BCUT2D eigenvalue weighted by Crippen LogP contribution is -2.46. The van der Waals surface area contributed by atoms with Gasteiger partial charge < -0.3 is 5.32 Å². The van der Waals surface area contributed by atoms with Gasteiger partial charge in [0.25, 0.3) is 6.43 Å². The van der Waals surface area contributed by atoms with Crippen LogP contribution >= 0.6 is 0 Å². The molecule has 5 heteroatoms. The van der Waals surface area contributed by atoms with Gasteiger partial charge in [0, 0.05) is 19.1 Å². The Kier molecular flexibility index (Phi) is 5.67. The highest BCUT2D eigenvalue weighted by atomic mass is 19.3. The predicted octanol–water partition coefficient (Wildman–Crippen LogP) is 2.64. The number of hydrogen-bond acceptors (Lipinski definition) is 2. The second-order valence-corrected chi connectivity index (χ2v) is 5.61. The van der Waals surface area contributed by atoms with E-state index in [-0.39, 0.29) is 24.4 Å². The monoisotopic (exact) mass is 296 g/mol. The number of nitrogens with zero attached hydrogens (tertiary/aromatic N) is 1. The van der Waals surface area contributed by atoms with Crippen LogP contribution in [0, 0.1) is 0 Å². The fourth-order valence-corrected chi connectivity index (χ4v) is 2.67. The number of likely N-dealkylation sites (tertiary alicyclic amines) is 1. The van der Waals surface area contributed by atoms with E-state index in [1.807, 2.05) is 37.3 Å². The summed E-state index contributed by atoms with van der Waals surface area (Å²) >= 11 is 0. The number of piperidine rings is 1. The molecule has 0 spiro atoms. The Morgan fingerprint density at radius 1 is 1.29 bits per heavy atom. The fraction of sp³-hybridized carbons (Fsp3) is 0.562. The molecule has 3 nitrogen and oxygen atoms in total. The van der Waals surface area contributed by atoms with Gasteiger partial charge in [-0.2, -0.15) is 0 Å². The summed E-state index contributed by atoms with van der Waals surface area (Å²) in [6.07, 6.45) is -0.811. The van der Waals surface area contributed by atoms with E-state index >= 15 is 0 Å². The summed E-state index contributed by atoms with van der Waals surface area (Å²) in [6.45, 7) is 2.96. The molecule has 1 aromatic carbocycles. The van der Waals surface area contributed by atoms with Crippen molar-refractivity contribution in [3.8, 4) is 0 Å². The third kappa shape index (κ3) is 4.77. The smallest absolute Gasteiger partial charge is 0.251 e. The lowest BCUT2D eigenvalue weighted by atomic mass is 9.98. The largest absolute Gasteiger partial charge is 0.353 e. The summed E-state index contributed by atoms with van der Waals surface area (Å²) < 4.78 is 24.6. The van der Waals surface area contributed by atoms with Gasteiger partial charge in [0.05, 0.1) is 12.5 Å². The highest BCUT2D eigenvalue weighted by Gasteiger charge is 2.24. The van der Waals surface area contributed by atoms with E-state index in [2.05, 4.69) is 5.32 Å². The maximum Gasteiger partial charge on any atom is 0.251 e. The minimum absolute atomic E-state index is 0.00788. The van der Waals surface area contributed by atoms with Gasteiger partial charge in [0.15, 0.2) is 0 Å². The second-order valence-electron chi connectivity index (χ2n) is 5.61. The summed E-state index contributed by atoms with van der Waals surface area (Å²) in [5.74, 6) is -0.182. The normalized spacial score (nSPS) is 18.7. The number of benzene rings is 1. The van der Waals surface area contributed by atoms with Crippen LogP contribution in [0.15, 0.2) is 30.3 Å². The molecule has 0 bridgehead atoms. The van der Waals surface area contributed by atoms with E-state index in [0.717, 1.165) is 18.4 Å². The third-order valence-electron chi connectivity index (χ3n) is 4.02. The molecule has 21 heavy (non-hydrogen) atoms. The van der Waals surface area contributed by atoms with Crippen LogP contribution in [0.4, 0.5) is 8.78 Å². The lowest BCUT2D eigenvalue weighted by Gasteiger charge is -2.32. The van der Waals surface area contributed by atoms with Crippen molar-refractivity contribution in [1.29, 1.82) is 0 Å². The number of amides is 1. The molecular weight excluding hydrogens is 274 g/mol. The minimum Gasteiger partial charge on any atom is -0.353 e. The van der Waals surface area contributed by atoms with Crippen LogP contribution in [0.25, 0.3) is 0 Å². The van der Waals surface area contributed by atoms with Gasteiger partial charge in [-0.15, -0.1) is 0 Å². The third-order valence-corrected chi connectivity index (χ3v) is 4.02. The molecular formula is C16H22F2N2O. The molecule has 1 N–H and O–H groups in total. The van der Waals surface area contributed by atoms with Crippen molar-refractivity contribution < 1.29 is 13.6 Å². The van der Waals surface area contributed by atoms with Crippen molar-refractivity contribution in [3.63, 3.8) is 0 Å². The molecule has 116 valence electrons. The zero-order valence-corrected chi connectivity index (χ0v) is 12.3. The van der Waals surface area contributed by atoms with E-state index in [4.69, 9.17) is 0 Å². The van der Waals surface area contributed by atoms with Crippen LogP contribution in [0.3, 0.4) is 0 Å². The second kappa shape index (κ2) is 7.50. The number of carbonyl (C=O) groups excluding carboxylic acids is 1. The molecule has 1 atom stereocenters. The molecule has 1 saturated heterocycles. The van der Waals surface area contributed by atoms with Crippen molar-refractivity contribution >= 4 is 5.91 Å². The van der Waals surface area contributed by atoms with Gasteiger partial charge >= 0.3 is 0 Å². The molecule has 1 amide bonds. The van der Waals surface area contributed by atoms with E-state index in [0.29, 0.717) is 13.1 Å². The summed E-state index contributed by atoms with van der Waals surface area (Å²) in [4.78, 5) is 14.0. The van der Waals surface area contributed by atoms with E-state index in [9.17, 15) is 13.6 Å². The number of rotatable bonds is 5. The Balaban J connectivity index is 1.79. The van der Waals surface area contributed by atoms with Gasteiger partial charge in [0.1, 0.15) is 0 Å². The van der Waals surface area contributed by atoms with Gasteiger partial charge in [-0.1, -0.05) is 30.3 Å². The van der Waals surface area contributed by atoms with Crippen LogP contribution in [0.5, 0.6) is 0 Å². The summed E-state index contributed by atoms with van der Waals surface area (Å²) in [6, 6.07) is 9.74. The number of carbonyl (C=O) groups is 1. The van der Waals surface area contributed by atoms with Crippen LogP contribution in [-0.2, 0) is 4.79 Å². The molecule has 2 rings (SSSR count). The van der Waals surface area contributed by atoms with E-state index < -0.39 is 6.43 Å². The Bertz CT molecular complexity index is 445. The SMILES string of the molecule is C[C@H](C(=O)NC1CCN(CC(F)F)CC1)c1ccccc1.